The normalized spacial score (nSPS) is 24.5. The van der Waals surface area contributed by atoms with Crippen LogP contribution in [0.5, 0.6) is 0 Å². The van der Waals surface area contributed by atoms with Crippen molar-refractivity contribution in [3.8, 4) is 0 Å². The predicted molar refractivity (Wildman–Crippen MR) is 92.6 cm³/mol. The topological polar surface area (TPSA) is 61.6 Å². The van der Waals surface area contributed by atoms with Gasteiger partial charge in [0.2, 0.25) is 5.91 Å². The number of rotatable bonds is 4. The maximum absolute atomic E-state index is 12.5. The van der Waals surface area contributed by atoms with Crippen LogP contribution < -0.4 is 0 Å². The van der Waals surface area contributed by atoms with Gasteiger partial charge in [-0.3, -0.25) is 4.79 Å². The van der Waals surface area contributed by atoms with E-state index >= 15 is 0 Å². The number of aromatic nitrogens is 2. The highest BCUT2D eigenvalue weighted by molar-refractivity contribution is 5.76. The summed E-state index contributed by atoms with van der Waals surface area (Å²) in [6.45, 7) is 6.26. The number of imidazole rings is 1. The fourth-order valence-corrected chi connectivity index (χ4v) is 4.45. The Morgan fingerprint density at radius 3 is 2.83 bits per heavy atom. The zero-order valence-electron chi connectivity index (χ0n) is 14.9. The highest BCUT2D eigenvalue weighted by atomic mass is 16.3. The van der Waals surface area contributed by atoms with Gasteiger partial charge in [-0.1, -0.05) is 6.92 Å². The summed E-state index contributed by atoms with van der Waals surface area (Å²) in [7, 11) is 2.08. The van der Waals surface area contributed by atoms with E-state index in [-0.39, 0.29) is 17.4 Å². The zero-order chi connectivity index (χ0) is 17.2. The fraction of sp³-hybridized carbons (Fsp3) is 0.778. The van der Waals surface area contributed by atoms with Gasteiger partial charge in [0.05, 0.1) is 6.10 Å². The summed E-state index contributed by atoms with van der Waals surface area (Å²) in [5, 5.41) is 10.1. The van der Waals surface area contributed by atoms with Crippen LogP contribution in [-0.2, 0) is 17.8 Å². The second kappa shape index (κ2) is 7.23. The number of piperidine rings is 2. The second-order valence-corrected chi connectivity index (χ2v) is 7.58. The van der Waals surface area contributed by atoms with Crippen LogP contribution in [0.3, 0.4) is 0 Å². The monoisotopic (exact) mass is 334 g/mol. The minimum atomic E-state index is -0.222. The summed E-state index contributed by atoms with van der Waals surface area (Å²) in [6, 6.07) is 0. The zero-order valence-corrected chi connectivity index (χ0v) is 14.9. The fourth-order valence-electron chi connectivity index (χ4n) is 4.45. The van der Waals surface area contributed by atoms with E-state index in [1.165, 1.54) is 0 Å². The Balaban J connectivity index is 1.50. The molecule has 134 valence electrons. The van der Waals surface area contributed by atoms with Gasteiger partial charge >= 0.3 is 0 Å². The van der Waals surface area contributed by atoms with Crippen LogP contribution in [-0.4, -0.2) is 69.7 Å². The third-order valence-electron chi connectivity index (χ3n) is 5.66. The first-order valence-electron chi connectivity index (χ1n) is 9.16. The SMILES string of the molecule is CCc1nccn1CCC(=O)N1CCC2(CC1)CC(O)CN(C)C2. The Kier molecular flexibility index (Phi) is 5.25. The van der Waals surface area contributed by atoms with Gasteiger partial charge < -0.3 is 19.5 Å². The number of likely N-dealkylation sites (tertiary alicyclic amines) is 2. The molecule has 2 aliphatic rings. The molecule has 3 rings (SSSR count). The van der Waals surface area contributed by atoms with Crippen molar-refractivity contribution in [2.24, 2.45) is 5.41 Å². The number of nitrogens with zero attached hydrogens (tertiary/aromatic N) is 4. The Bertz CT molecular complexity index is 551. The number of β-amino-alcohol motifs (C(OH)–C–C–N with tert-alkyl or cyclic N) is 1. The predicted octanol–water partition coefficient (Wildman–Crippen LogP) is 1.14. The molecule has 2 aliphatic heterocycles. The summed E-state index contributed by atoms with van der Waals surface area (Å²) in [5.74, 6) is 1.28. The lowest BCUT2D eigenvalue weighted by atomic mass is 9.71. The number of carbonyl (C=O) groups excluding carboxylic acids is 1. The van der Waals surface area contributed by atoms with E-state index in [1.54, 1.807) is 6.20 Å². The molecular formula is C18H30N4O2. The molecule has 6 heteroatoms. The molecule has 6 nitrogen and oxygen atoms in total. The Morgan fingerprint density at radius 1 is 1.42 bits per heavy atom. The maximum atomic E-state index is 12.5. The van der Waals surface area contributed by atoms with Crippen molar-refractivity contribution in [3.05, 3.63) is 18.2 Å². The van der Waals surface area contributed by atoms with Crippen LogP contribution in [0.2, 0.25) is 0 Å². The van der Waals surface area contributed by atoms with Gasteiger partial charge in [0.1, 0.15) is 5.82 Å². The molecule has 0 saturated carbocycles. The van der Waals surface area contributed by atoms with Crippen LogP contribution in [0.15, 0.2) is 12.4 Å². The number of aliphatic hydroxyl groups excluding tert-OH is 1. The average Bonchev–Trinajstić information content (AvgIpc) is 2.99. The van der Waals surface area contributed by atoms with Gasteiger partial charge in [0.25, 0.3) is 0 Å². The average molecular weight is 334 g/mol. The summed E-state index contributed by atoms with van der Waals surface area (Å²) in [4.78, 5) is 21.1. The van der Waals surface area contributed by atoms with Crippen LogP contribution in [0.25, 0.3) is 0 Å². The highest BCUT2D eigenvalue weighted by Gasteiger charge is 2.41. The van der Waals surface area contributed by atoms with Crippen LogP contribution in [0, 0.1) is 5.41 Å². The summed E-state index contributed by atoms with van der Waals surface area (Å²) < 4.78 is 2.08. The number of carbonyl (C=O) groups is 1. The maximum Gasteiger partial charge on any atom is 0.224 e. The van der Waals surface area contributed by atoms with Crippen molar-refractivity contribution in [1.29, 1.82) is 0 Å². The number of aryl methyl sites for hydroxylation is 2. The summed E-state index contributed by atoms with van der Waals surface area (Å²) in [6.07, 6.45) is 7.86. The number of amides is 1. The molecule has 1 unspecified atom stereocenters. The first-order valence-corrected chi connectivity index (χ1v) is 9.16. The molecule has 24 heavy (non-hydrogen) atoms. The Labute approximate surface area is 144 Å². The number of hydrogen-bond donors (Lipinski definition) is 1. The van der Waals surface area contributed by atoms with Crippen molar-refractivity contribution in [2.45, 2.75) is 51.7 Å². The molecule has 1 amide bonds. The van der Waals surface area contributed by atoms with Gasteiger partial charge in [-0.2, -0.15) is 0 Å². The van der Waals surface area contributed by atoms with E-state index in [9.17, 15) is 9.90 Å². The van der Waals surface area contributed by atoms with Gasteiger partial charge in [-0.15, -0.1) is 0 Å². The molecule has 3 heterocycles. The van der Waals surface area contributed by atoms with Gasteiger partial charge in [0.15, 0.2) is 0 Å². The van der Waals surface area contributed by atoms with Crippen molar-refractivity contribution in [2.75, 3.05) is 33.2 Å². The van der Waals surface area contributed by atoms with Crippen LogP contribution >= 0.6 is 0 Å². The molecule has 2 saturated heterocycles. The van der Waals surface area contributed by atoms with E-state index in [0.717, 1.165) is 57.7 Å². The van der Waals surface area contributed by atoms with Crippen molar-refractivity contribution < 1.29 is 9.90 Å². The Morgan fingerprint density at radius 2 is 2.17 bits per heavy atom. The van der Waals surface area contributed by atoms with E-state index < -0.39 is 0 Å². The van der Waals surface area contributed by atoms with Gasteiger partial charge in [-0.05, 0) is 31.7 Å². The van der Waals surface area contributed by atoms with Crippen molar-refractivity contribution in [1.82, 2.24) is 19.4 Å². The first-order chi connectivity index (χ1) is 11.5. The Hall–Kier alpha value is -1.40. The standard InChI is InChI=1S/C18H30N4O2/c1-3-16-19-7-11-21(16)8-4-17(24)22-9-5-18(6-10-22)12-15(23)13-20(2)14-18/h7,11,15,23H,3-6,8-10,12-14H2,1-2H3. The van der Waals surface area contributed by atoms with E-state index in [1.807, 2.05) is 11.1 Å². The van der Waals surface area contributed by atoms with E-state index in [4.69, 9.17) is 0 Å². The minimum absolute atomic E-state index is 0.197. The van der Waals surface area contributed by atoms with E-state index in [2.05, 4.69) is 28.4 Å². The van der Waals surface area contributed by atoms with Crippen LogP contribution in [0.4, 0.5) is 0 Å². The van der Waals surface area contributed by atoms with Gasteiger partial charge in [-0.25, -0.2) is 4.98 Å². The molecule has 0 bridgehead atoms. The summed E-state index contributed by atoms with van der Waals surface area (Å²) in [5.41, 5.74) is 0.197. The largest absolute Gasteiger partial charge is 0.392 e. The smallest absolute Gasteiger partial charge is 0.224 e. The molecule has 1 aromatic rings. The molecule has 0 aliphatic carbocycles. The highest BCUT2D eigenvalue weighted by Crippen LogP contribution is 2.39. The second-order valence-electron chi connectivity index (χ2n) is 7.58. The third-order valence-corrected chi connectivity index (χ3v) is 5.66. The molecular weight excluding hydrogens is 304 g/mol. The minimum Gasteiger partial charge on any atom is -0.392 e. The molecule has 1 spiro atoms. The molecule has 0 radical (unpaired) electrons. The molecule has 1 atom stereocenters. The van der Waals surface area contributed by atoms with E-state index in [0.29, 0.717) is 13.0 Å². The number of aliphatic hydroxyl groups is 1. The number of likely N-dealkylation sites (N-methyl/N-ethyl adjacent to an activating group) is 1. The van der Waals surface area contributed by atoms with Crippen molar-refractivity contribution >= 4 is 5.91 Å². The molecule has 0 aromatic carbocycles. The summed E-state index contributed by atoms with van der Waals surface area (Å²) >= 11 is 0. The first kappa shape index (κ1) is 17.4. The lowest BCUT2D eigenvalue weighted by molar-refractivity contribution is -0.135. The quantitative estimate of drug-likeness (QED) is 0.897. The molecule has 1 aromatic heterocycles. The van der Waals surface area contributed by atoms with Gasteiger partial charge in [0, 0.05) is 58.0 Å². The van der Waals surface area contributed by atoms with Crippen molar-refractivity contribution in [3.63, 3.8) is 0 Å². The molecule has 1 N–H and O–H groups in total. The molecule has 2 fully saturated rings. The third kappa shape index (κ3) is 3.81. The lowest BCUT2D eigenvalue weighted by Gasteiger charge is -2.48. The number of hydrogen-bond acceptors (Lipinski definition) is 4. The lowest BCUT2D eigenvalue weighted by Crippen LogP contribution is -2.53. The van der Waals surface area contributed by atoms with Crippen LogP contribution in [0.1, 0.15) is 38.4 Å².